The number of amides is 1. The van der Waals surface area contributed by atoms with Gasteiger partial charge in [-0.2, -0.15) is 0 Å². The lowest BCUT2D eigenvalue weighted by Gasteiger charge is -2.25. The van der Waals surface area contributed by atoms with Gasteiger partial charge in [-0.25, -0.2) is 4.79 Å². The topological polar surface area (TPSA) is 136 Å². The van der Waals surface area contributed by atoms with Crippen LogP contribution in [0.3, 0.4) is 0 Å². The number of carboxylic acids is 1. The van der Waals surface area contributed by atoms with Crippen molar-refractivity contribution in [1.29, 1.82) is 0 Å². The van der Waals surface area contributed by atoms with Crippen LogP contribution in [0.4, 0.5) is 5.69 Å². The summed E-state index contributed by atoms with van der Waals surface area (Å²) < 4.78 is 4.92. The standard InChI is InChI=1S/C20H20N2O7/c1-2-29-17(23)12-16(13-8-10-15(11-9-13)22(27)28)18(20(25)26)21-19(24)14-6-4-3-5-7-14/h3-11,16,18H,2,12H2,1H3,(H,21,24)(H,25,26)/t16-,18-/m1/s1. The van der Waals surface area contributed by atoms with Crippen molar-refractivity contribution >= 4 is 23.5 Å². The number of hydrogen-bond acceptors (Lipinski definition) is 6. The molecule has 0 aliphatic rings. The van der Waals surface area contributed by atoms with Gasteiger partial charge in [-0.15, -0.1) is 0 Å². The van der Waals surface area contributed by atoms with Crippen LogP contribution >= 0.6 is 0 Å². The average Bonchev–Trinajstić information content (AvgIpc) is 2.71. The third kappa shape index (κ3) is 5.86. The molecule has 152 valence electrons. The van der Waals surface area contributed by atoms with Crippen molar-refractivity contribution in [3.8, 4) is 0 Å². The molecule has 0 fully saturated rings. The van der Waals surface area contributed by atoms with Crippen molar-refractivity contribution in [3.05, 3.63) is 75.8 Å². The van der Waals surface area contributed by atoms with E-state index in [9.17, 15) is 29.6 Å². The summed E-state index contributed by atoms with van der Waals surface area (Å²) in [5.41, 5.74) is 0.436. The zero-order valence-corrected chi connectivity index (χ0v) is 15.6. The molecule has 0 aliphatic heterocycles. The van der Waals surface area contributed by atoms with Gasteiger partial charge in [0.05, 0.1) is 18.0 Å². The number of non-ortho nitro benzene ring substituents is 1. The molecule has 29 heavy (non-hydrogen) atoms. The third-order valence-electron chi connectivity index (χ3n) is 4.21. The number of nitro groups is 1. The molecule has 0 radical (unpaired) electrons. The van der Waals surface area contributed by atoms with Crippen molar-refractivity contribution in [2.75, 3.05) is 6.61 Å². The predicted octanol–water partition coefficient (Wildman–Crippen LogP) is 2.51. The molecule has 2 rings (SSSR count). The van der Waals surface area contributed by atoms with E-state index in [1.165, 1.54) is 36.4 Å². The second-order valence-corrected chi connectivity index (χ2v) is 6.12. The number of aliphatic carboxylic acids is 1. The Morgan fingerprint density at radius 3 is 2.24 bits per heavy atom. The monoisotopic (exact) mass is 400 g/mol. The molecule has 1 amide bonds. The minimum atomic E-state index is -1.45. The van der Waals surface area contributed by atoms with Gasteiger partial charge in [0.2, 0.25) is 0 Å². The number of nitro benzene ring substituents is 1. The van der Waals surface area contributed by atoms with Crippen LogP contribution < -0.4 is 5.32 Å². The summed E-state index contributed by atoms with van der Waals surface area (Å²) in [5, 5.41) is 23.0. The zero-order chi connectivity index (χ0) is 21.4. The highest BCUT2D eigenvalue weighted by Crippen LogP contribution is 2.27. The number of esters is 1. The van der Waals surface area contributed by atoms with Gasteiger partial charge in [0.1, 0.15) is 6.04 Å². The number of hydrogen-bond donors (Lipinski definition) is 2. The van der Waals surface area contributed by atoms with Crippen molar-refractivity contribution in [3.63, 3.8) is 0 Å². The number of carbonyl (C=O) groups is 3. The summed E-state index contributed by atoms with van der Waals surface area (Å²) in [7, 11) is 0. The van der Waals surface area contributed by atoms with E-state index in [1.807, 2.05) is 0 Å². The lowest BCUT2D eigenvalue weighted by molar-refractivity contribution is -0.384. The van der Waals surface area contributed by atoms with Gasteiger partial charge in [0.25, 0.3) is 11.6 Å². The number of nitrogens with one attached hydrogen (secondary N) is 1. The minimum Gasteiger partial charge on any atom is -0.480 e. The zero-order valence-electron chi connectivity index (χ0n) is 15.6. The summed E-state index contributed by atoms with van der Waals surface area (Å²) in [6, 6.07) is 11.8. The Balaban J connectivity index is 2.36. The second kappa shape index (κ2) is 9.98. The molecule has 2 aromatic rings. The van der Waals surface area contributed by atoms with Crippen molar-refractivity contribution in [2.45, 2.75) is 25.3 Å². The molecular weight excluding hydrogens is 380 g/mol. The molecule has 0 saturated carbocycles. The summed E-state index contributed by atoms with van der Waals surface area (Å²) in [6.45, 7) is 1.73. The maximum absolute atomic E-state index is 12.5. The quantitative estimate of drug-likeness (QED) is 0.375. The lowest BCUT2D eigenvalue weighted by Crippen LogP contribution is -2.45. The highest BCUT2D eigenvalue weighted by Gasteiger charge is 2.33. The van der Waals surface area contributed by atoms with Gasteiger partial charge in [-0.3, -0.25) is 19.7 Å². The Labute approximate surface area is 166 Å². The molecule has 0 heterocycles. The lowest BCUT2D eigenvalue weighted by atomic mass is 9.88. The molecule has 2 atom stereocenters. The highest BCUT2D eigenvalue weighted by atomic mass is 16.6. The molecule has 2 aromatic carbocycles. The summed E-state index contributed by atoms with van der Waals surface area (Å²) in [5.74, 6) is -3.59. The van der Waals surface area contributed by atoms with Gasteiger partial charge in [-0.1, -0.05) is 30.3 Å². The van der Waals surface area contributed by atoms with Crippen LogP contribution in [0.1, 0.15) is 35.2 Å². The highest BCUT2D eigenvalue weighted by molar-refractivity contribution is 5.97. The van der Waals surface area contributed by atoms with Gasteiger partial charge in [0, 0.05) is 23.6 Å². The molecule has 0 aliphatic carbocycles. The van der Waals surface area contributed by atoms with E-state index < -0.39 is 34.7 Å². The predicted molar refractivity (Wildman–Crippen MR) is 102 cm³/mol. The molecule has 0 aromatic heterocycles. The largest absolute Gasteiger partial charge is 0.480 e. The van der Waals surface area contributed by atoms with Crippen LogP contribution in [0.25, 0.3) is 0 Å². The number of rotatable bonds is 9. The number of nitrogens with zero attached hydrogens (tertiary/aromatic N) is 1. The molecule has 0 bridgehead atoms. The first-order chi connectivity index (χ1) is 13.8. The molecule has 9 nitrogen and oxygen atoms in total. The molecule has 2 N–H and O–H groups in total. The fraction of sp³-hybridized carbons (Fsp3) is 0.250. The van der Waals surface area contributed by atoms with Crippen molar-refractivity contribution in [1.82, 2.24) is 5.32 Å². The Morgan fingerprint density at radius 2 is 1.72 bits per heavy atom. The first-order valence-electron chi connectivity index (χ1n) is 8.82. The number of carbonyl (C=O) groups excluding carboxylic acids is 2. The van der Waals surface area contributed by atoms with Crippen LogP contribution in [-0.2, 0) is 14.3 Å². The van der Waals surface area contributed by atoms with E-state index in [-0.39, 0.29) is 24.3 Å². The van der Waals surface area contributed by atoms with E-state index in [0.717, 1.165) is 0 Å². The average molecular weight is 400 g/mol. The Kier molecular flexibility index (Phi) is 7.41. The number of carboxylic acid groups (broad SMARTS) is 1. The first kappa shape index (κ1) is 21.5. The van der Waals surface area contributed by atoms with Crippen LogP contribution in [0.2, 0.25) is 0 Å². The Morgan fingerprint density at radius 1 is 1.10 bits per heavy atom. The summed E-state index contributed by atoms with van der Waals surface area (Å²) >= 11 is 0. The van der Waals surface area contributed by atoms with Crippen LogP contribution in [-0.4, -0.2) is 40.5 Å². The van der Waals surface area contributed by atoms with Crippen LogP contribution in [0.5, 0.6) is 0 Å². The minimum absolute atomic E-state index is 0.111. The van der Waals surface area contributed by atoms with Crippen LogP contribution in [0, 0.1) is 10.1 Å². The van der Waals surface area contributed by atoms with E-state index in [4.69, 9.17) is 4.74 Å². The van der Waals surface area contributed by atoms with E-state index in [1.54, 1.807) is 25.1 Å². The maximum atomic E-state index is 12.5. The Bertz CT molecular complexity index is 881. The fourth-order valence-corrected chi connectivity index (χ4v) is 2.82. The van der Waals surface area contributed by atoms with E-state index >= 15 is 0 Å². The third-order valence-corrected chi connectivity index (χ3v) is 4.21. The van der Waals surface area contributed by atoms with Gasteiger partial charge >= 0.3 is 11.9 Å². The van der Waals surface area contributed by atoms with Crippen molar-refractivity contribution < 1.29 is 29.2 Å². The Hall–Kier alpha value is -3.75. The SMILES string of the molecule is CCOC(=O)C[C@H](c1ccc([N+](=O)[O-])cc1)[C@@H](NC(=O)c1ccccc1)C(=O)O. The van der Waals surface area contributed by atoms with Gasteiger partial charge < -0.3 is 15.2 Å². The van der Waals surface area contributed by atoms with E-state index in [2.05, 4.69) is 5.32 Å². The molecule has 0 unspecified atom stereocenters. The van der Waals surface area contributed by atoms with E-state index in [0.29, 0.717) is 5.56 Å². The van der Waals surface area contributed by atoms with Gasteiger partial charge in [0.15, 0.2) is 0 Å². The van der Waals surface area contributed by atoms with Crippen molar-refractivity contribution in [2.24, 2.45) is 0 Å². The number of benzene rings is 2. The van der Waals surface area contributed by atoms with Crippen LogP contribution in [0.15, 0.2) is 54.6 Å². The first-order valence-corrected chi connectivity index (χ1v) is 8.82. The summed E-state index contributed by atoms with van der Waals surface area (Å²) in [4.78, 5) is 46.7. The molecule has 9 heteroatoms. The summed E-state index contributed by atoms with van der Waals surface area (Å²) in [6.07, 6.45) is -0.322. The molecular formula is C20H20N2O7. The van der Waals surface area contributed by atoms with Gasteiger partial charge in [-0.05, 0) is 24.6 Å². The molecule has 0 saturated heterocycles. The second-order valence-electron chi connectivity index (χ2n) is 6.12. The molecule has 0 spiro atoms. The fourth-order valence-electron chi connectivity index (χ4n) is 2.82. The number of ether oxygens (including phenoxy) is 1. The normalized spacial score (nSPS) is 12.4. The maximum Gasteiger partial charge on any atom is 0.326 e. The smallest absolute Gasteiger partial charge is 0.326 e.